The second-order valence-corrected chi connectivity index (χ2v) is 9.95. The SMILES string of the molecule is CC(=O)NCc1ccc(S(=O)(=O)NCc2nc(C)cc(N3CCCCC3)n2)s1. The molecule has 0 bridgehead atoms. The maximum absolute atomic E-state index is 12.6. The first-order chi connectivity index (χ1) is 13.3. The number of amides is 1. The van der Waals surface area contributed by atoms with E-state index in [2.05, 4.69) is 24.9 Å². The first-order valence-corrected chi connectivity index (χ1v) is 11.6. The minimum Gasteiger partial charge on any atom is -0.357 e. The fourth-order valence-corrected chi connectivity index (χ4v) is 5.34. The van der Waals surface area contributed by atoms with Crippen LogP contribution in [0.1, 0.15) is 42.6 Å². The molecule has 2 aromatic rings. The molecule has 2 N–H and O–H groups in total. The van der Waals surface area contributed by atoms with Gasteiger partial charge in [0, 0.05) is 36.7 Å². The molecule has 28 heavy (non-hydrogen) atoms. The molecule has 0 aromatic carbocycles. The average molecular weight is 424 g/mol. The normalized spacial score (nSPS) is 14.9. The van der Waals surface area contributed by atoms with Crippen LogP contribution in [0.3, 0.4) is 0 Å². The van der Waals surface area contributed by atoms with Crippen molar-refractivity contribution in [3.05, 3.63) is 34.6 Å². The van der Waals surface area contributed by atoms with Crippen LogP contribution in [0.5, 0.6) is 0 Å². The molecule has 1 amide bonds. The number of piperidine rings is 1. The lowest BCUT2D eigenvalue weighted by atomic mass is 10.1. The molecule has 1 saturated heterocycles. The minimum atomic E-state index is -3.66. The summed E-state index contributed by atoms with van der Waals surface area (Å²) in [5, 5.41) is 2.66. The summed E-state index contributed by atoms with van der Waals surface area (Å²) in [5.41, 5.74) is 0.818. The number of carbonyl (C=O) groups is 1. The van der Waals surface area contributed by atoms with E-state index in [1.807, 2.05) is 13.0 Å². The summed E-state index contributed by atoms with van der Waals surface area (Å²) in [6.07, 6.45) is 3.52. The number of thiophene rings is 1. The Labute approximate surface area is 169 Å². The van der Waals surface area contributed by atoms with Gasteiger partial charge in [0.2, 0.25) is 15.9 Å². The maximum Gasteiger partial charge on any atom is 0.250 e. The fraction of sp³-hybridized carbons (Fsp3) is 0.500. The van der Waals surface area contributed by atoms with Crippen LogP contribution in [0.25, 0.3) is 0 Å². The Morgan fingerprint density at radius 3 is 2.64 bits per heavy atom. The van der Waals surface area contributed by atoms with Crippen LogP contribution in [-0.2, 0) is 27.9 Å². The Bertz CT molecular complexity index is 936. The molecule has 0 radical (unpaired) electrons. The predicted molar refractivity (Wildman–Crippen MR) is 109 cm³/mol. The average Bonchev–Trinajstić information content (AvgIpc) is 3.15. The van der Waals surface area contributed by atoms with Gasteiger partial charge in [-0.05, 0) is 38.3 Å². The predicted octanol–water partition coefficient (Wildman–Crippen LogP) is 1.95. The Morgan fingerprint density at radius 2 is 1.93 bits per heavy atom. The third kappa shape index (κ3) is 5.49. The van der Waals surface area contributed by atoms with Gasteiger partial charge in [0.15, 0.2) is 0 Å². The zero-order valence-electron chi connectivity index (χ0n) is 16.1. The van der Waals surface area contributed by atoms with Crippen molar-refractivity contribution >= 4 is 33.1 Å². The molecule has 8 nitrogen and oxygen atoms in total. The van der Waals surface area contributed by atoms with Crippen LogP contribution in [0.2, 0.25) is 0 Å². The molecule has 1 aliphatic rings. The number of carbonyl (C=O) groups excluding carboxylic acids is 1. The van der Waals surface area contributed by atoms with E-state index in [-0.39, 0.29) is 16.7 Å². The molecule has 1 aliphatic heterocycles. The first-order valence-electron chi connectivity index (χ1n) is 9.26. The smallest absolute Gasteiger partial charge is 0.250 e. The minimum absolute atomic E-state index is 0.0315. The van der Waals surface area contributed by atoms with E-state index in [1.165, 1.54) is 13.3 Å². The molecular weight excluding hydrogens is 398 g/mol. The maximum atomic E-state index is 12.6. The van der Waals surface area contributed by atoms with Gasteiger partial charge in [-0.25, -0.2) is 23.1 Å². The summed E-state index contributed by atoms with van der Waals surface area (Å²) in [6.45, 7) is 5.59. The van der Waals surface area contributed by atoms with E-state index >= 15 is 0 Å². The van der Waals surface area contributed by atoms with Gasteiger partial charge in [0.1, 0.15) is 15.9 Å². The molecule has 0 unspecified atom stereocenters. The number of hydrogen-bond acceptors (Lipinski definition) is 7. The van der Waals surface area contributed by atoms with Crippen LogP contribution in [0.15, 0.2) is 22.4 Å². The number of nitrogens with one attached hydrogen (secondary N) is 2. The number of anilines is 1. The molecule has 0 aliphatic carbocycles. The third-order valence-electron chi connectivity index (χ3n) is 4.40. The van der Waals surface area contributed by atoms with Crippen molar-refractivity contribution in [1.29, 1.82) is 0 Å². The van der Waals surface area contributed by atoms with Gasteiger partial charge < -0.3 is 10.2 Å². The monoisotopic (exact) mass is 423 g/mol. The second kappa shape index (κ2) is 8.97. The second-order valence-electron chi connectivity index (χ2n) is 6.79. The third-order valence-corrected chi connectivity index (χ3v) is 7.38. The van der Waals surface area contributed by atoms with Crippen LogP contribution < -0.4 is 14.9 Å². The summed E-state index contributed by atoms with van der Waals surface area (Å²) in [7, 11) is -3.66. The lowest BCUT2D eigenvalue weighted by Crippen LogP contribution is -2.31. The lowest BCUT2D eigenvalue weighted by molar-refractivity contribution is -0.119. The Morgan fingerprint density at radius 1 is 1.18 bits per heavy atom. The zero-order chi connectivity index (χ0) is 20.1. The highest BCUT2D eigenvalue weighted by Gasteiger charge is 2.19. The molecular formula is C18H25N5O3S2. The van der Waals surface area contributed by atoms with Crippen molar-refractivity contribution in [2.45, 2.75) is 50.4 Å². The first kappa shape index (κ1) is 20.7. The van der Waals surface area contributed by atoms with Crippen LogP contribution in [-0.4, -0.2) is 37.4 Å². The number of aryl methyl sites for hydroxylation is 1. The number of sulfonamides is 1. The number of aromatic nitrogens is 2. The van der Waals surface area contributed by atoms with Gasteiger partial charge in [-0.15, -0.1) is 11.3 Å². The highest BCUT2D eigenvalue weighted by atomic mass is 32.2. The van der Waals surface area contributed by atoms with Crippen molar-refractivity contribution in [2.75, 3.05) is 18.0 Å². The Balaban J connectivity index is 1.67. The number of rotatable bonds is 7. The van der Waals surface area contributed by atoms with E-state index in [0.717, 1.165) is 53.7 Å². The van der Waals surface area contributed by atoms with Crippen molar-refractivity contribution in [1.82, 2.24) is 20.0 Å². The van der Waals surface area contributed by atoms with E-state index < -0.39 is 10.0 Å². The van der Waals surface area contributed by atoms with E-state index in [0.29, 0.717) is 12.4 Å². The van der Waals surface area contributed by atoms with Crippen molar-refractivity contribution in [3.8, 4) is 0 Å². The van der Waals surface area contributed by atoms with Crippen LogP contribution in [0.4, 0.5) is 5.82 Å². The van der Waals surface area contributed by atoms with Crippen molar-refractivity contribution < 1.29 is 13.2 Å². The standard InChI is InChI=1S/C18H25N5O3S2/c1-13-10-17(23-8-4-3-5-9-23)22-16(21-13)12-20-28(25,26)18-7-6-15(27-18)11-19-14(2)24/h6-7,10,20H,3-5,8-9,11-12H2,1-2H3,(H,19,24). The van der Waals surface area contributed by atoms with Gasteiger partial charge in [-0.1, -0.05) is 0 Å². The lowest BCUT2D eigenvalue weighted by Gasteiger charge is -2.28. The Hall–Kier alpha value is -2.04. The fourth-order valence-electron chi connectivity index (χ4n) is 3.02. The molecule has 152 valence electrons. The molecule has 0 spiro atoms. The topological polar surface area (TPSA) is 104 Å². The van der Waals surface area contributed by atoms with E-state index in [1.54, 1.807) is 12.1 Å². The van der Waals surface area contributed by atoms with Gasteiger partial charge in [0.05, 0.1) is 13.1 Å². The molecule has 10 heteroatoms. The molecule has 1 fully saturated rings. The Kier molecular flexibility index (Phi) is 6.63. The molecule has 0 atom stereocenters. The quantitative estimate of drug-likeness (QED) is 0.705. The number of hydrogen-bond donors (Lipinski definition) is 2. The highest BCUT2D eigenvalue weighted by molar-refractivity contribution is 7.91. The van der Waals surface area contributed by atoms with E-state index in [4.69, 9.17) is 0 Å². The summed E-state index contributed by atoms with van der Waals surface area (Å²) >= 11 is 1.13. The molecule has 3 heterocycles. The zero-order valence-corrected chi connectivity index (χ0v) is 17.7. The molecule has 2 aromatic heterocycles. The summed E-state index contributed by atoms with van der Waals surface area (Å²) in [4.78, 5) is 22.9. The van der Waals surface area contributed by atoms with E-state index in [9.17, 15) is 13.2 Å². The summed E-state index contributed by atoms with van der Waals surface area (Å²) in [6, 6.07) is 5.18. The van der Waals surface area contributed by atoms with Gasteiger partial charge in [0.25, 0.3) is 0 Å². The van der Waals surface area contributed by atoms with Crippen LogP contribution in [0, 0.1) is 6.92 Å². The number of nitrogens with zero attached hydrogens (tertiary/aromatic N) is 3. The van der Waals surface area contributed by atoms with Gasteiger partial charge in [-0.3, -0.25) is 4.79 Å². The molecule has 3 rings (SSSR count). The highest BCUT2D eigenvalue weighted by Crippen LogP contribution is 2.22. The van der Waals surface area contributed by atoms with Crippen molar-refractivity contribution in [2.24, 2.45) is 0 Å². The largest absolute Gasteiger partial charge is 0.357 e. The van der Waals surface area contributed by atoms with Crippen LogP contribution >= 0.6 is 11.3 Å². The van der Waals surface area contributed by atoms with Gasteiger partial charge >= 0.3 is 0 Å². The summed E-state index contributed by atoms with van der Waals surface area (Å²) in [5.74, 6) is 1.16. The van der Waals surface area contributed by atoms with Gasteiger partial charge in [-0.2, -0.15) is 0 Å². The summed E-state index contributed by atoms with van der Waals surface area (Å²) < 4.78 is 27.9. The van der Waals surface area contributed by atoms with Crippen molar-refractivity contribution in [3.63, 3.8) is 0 Å². The molecule has 0 saturated carbocycles.